The van der Waals surface area contributed by atoms with E-state index in [4.69, 9.17) is 14.2 Å². The van der Waals surface area contributed by atoms with Crippen LogP contribution >= 0.6 is 15.9 Å². The fourth-order valence-electron chi connectivity index (χ4n) is 2.43. The van der Waals surface area contributed by atoms with Crippen molar-refractivity contribution >= 4 is 21.8 Å². The third-order valence-corrected chi connectivity index (χ3v) is 4.32. The van der Waals surface area contributed by atoms with Gasteiger partial charge in [0.05, 0.1) is 24.3 Å². The van der Waals surface area contributed by atoms with Gasteiger partial charge in [-0.2, -0.15) is 0 Å². The molecule has 0 aliphatic rings. The smallest absolute Gasteiger partial charge is 0.251 e. The number of ether oxygens (including phenoxy) is 3. The van der Waals surface area contributed by atoms with E-state index in [1.807, 2.05) is 32.0 Å². The Labute approximate surface area is 169 Å². The van der Waals surface area contributed by atoms with Crippen molar-refractivity contribution in [3.63, 3.8) is 0 Å². The average Bonchev–Trinajstić information content (AvgIpc) is 2.65. The van der Waals surface area contributed by atoms with Crippen molar-refractivity contribution in [3.8, 4) is 17.2 Å². The largest absolute Gasteiger partial charge is 0.493 e. The zero-order valence-electron chi connectivity index (χ0n) is 16.2. The van der Waals surface area contributed by atoms with Gasteiger partial charge in [-0.15, -0.1) is 0 Å². The number of benzene rings is 2. The Balaban J connectivity index is 2.01. The van der Waals surface area contributed by atoms with Crippen LogP contribution in [0, 0.1) is 0 Å². The van der Waals surface area contributed by atoms with Gasteiger partial charge in [0, 0.05) is 12.1 Å². The molecule has 0 atom stereocenters. The minimum Gasteiger partial charge on any atom is -0.493 e. The van der Waals surface area contributed by atoms with Crippen molar-refractivity contribution in [3.05, 3.63) is 52.0 Å². The van der Waals surface area contributed by atoms with Gasteiger partial charge in [0.2, 0.25) is 0 Å². The third kappa shape index (κ3) is 6.17. The Morgan fingerprint density at radius 3 is 2.48 bits per heavy atom. The lowest BCUT2D eigenvalue weighted by atomic mass is 10.1. The molecule has 0 unspecified atom stereocenters. The molecule has 27 heavy (non-hydrogen) atoms. The van der Waals surface area contributed by atoms with Crippen molar-refractivity contribution in [1.82, 2.24) is 5.32 Å². The maximum atomic E-state index is 12.4. The van der Waals surface area contributed by atoms with Crippen molar-refractivity contribution in [2.24, 2.45) is 0 Å². The molecule has 146 valence electrons. The number of rotatable bonds is 9. The number of hydrogen-bond acceptors (Lipinski definition) is 4. The summed E-state index contributed by atoms with van der Waals surface area (Å²) in [6.45, 7) is 7.00. The van der Waals surface area contributed by atoms with Gasteiger partial charge in [-0.1, -0.05) is 13.0 Å². The number of carbonyl (C=O) groups is 1. The summed E-state index contributed by atoms with van der Waals surface area (Å²) in [6.07, 6.45) is 0.998. The van der Waals surface area contributed by atoms with Crippen molar-refractivity contribution < 1.29 is 19.0 Å². The van der Waals surface area contributed by atoms with Gasteiger partial charge in [-0.25, -0.2) is 0 Å². The van der Waals surface area contributed by atoms with Crippen LogP contribution in [0.5, 0.6) is 17.2 Å². The fourth-order valence-corrected chi connectivity index (χ4v) is 2.90. The lowest BCUT2D eigenvalue weighted by Crippen LogP contribution is -2.22. The van der Waals surface area contributed by atoms with Crippen LogP contribution in [-0.2, 0) is 6.54 Å². The Hall–Kier alpha value is -2.21. The molecule has 0 heterocycles. The molecule has 2 aromatic rings. The van der Waals surface area contributed by atoms with Crippen molar-refractivity contribution in [2.45, 2.75) is 39.8 Å². The predicted octanol–water partition coefficient (Wildman–Crippen LogP) is 4.96. The van der Waals surface area contributed by atoms with Gasteiger partial charge in [-0.05, 0) is 72.1 Å². The maximum Gasteiger partial charge on any atom is 0.251 e. The van der Waals surface area contributed by atoms with E-state index in [1.165, 1.54) is 0 Å². The second kappa shape index (κ2) is 10.2. The second-order valence-corrected chi connectivity index (χ2v) is 7.18. The van der Waals surface area contributed by atoms with Gasteiger partial charge in [0.25, 0.3) is 5.91 Å². The van der Waals surface area contributed by atoms with E-state index in [2.05, 4.69) is 28.2 Å². The quantitative estimate of drug-likeness (QED) is 0.604. The molecule has 0 spiro atoms. The molecule has 2 aromatic carbocycles. The summed E-state index contributed by atoms with van der Waals surface area (Å²) >= 11 is 3.45. The van der Waals surface area contributed by atoms with E-state index in [0.29, 0.717) is 36.0 Å². The summed E-state index contributed by atoms with van der Waals surface area (Å²) in [5.41, 5.74) is 1.50. The summed E-state index contributed by atoms with van der Waals surface area (Å²) in [4.78, 5) is 12.4. The van der Waals surface area contributed by atoms with E-state index < -0.39 is 0 Å². The van der Waals surface area contributed by atoms with Crippen molar-refractivity contribution in [1.29, 1.82) is 0 Å². The second-order valence-electron chi connectivity index (χ2n) is 6.33. The zero-order chi connectivity index (χ0) is 19.8. The number of nitrogens with one attached hydrogen (secondary N) is 1. The van der Waals surface area contributed by atoms with Crippen molar-refractivity contribution in [2.75, 3.05) is 13.7 Å². The van der Waals surface area contributed by atoms with Crippen LogP contribution in [0.25, 0.3) is 0 Å². The molecule has 0 fully saturated rings. The van der Waals surface area contributed by atoms with E-state index >= 15 is 0 Å². The van der Waals surface area contributed by atoms with Gasteiger partial charge >= 0.3 is 0 Å². The van der Waals surface area contributed by atoms with E-state index in [0.717, 1.165) is 16.5 Å². The van der Waals surface area contributed by atoms with Crippen LogP contribution in [-0.4, -0.2) is 25.7 Å². The third-order valence-electron chi connectivity index (χ3n) is 3.70. The van der Waals surface area contributed by atoms with Crippen LogP contribution in [0.1, 0.15) is 43.1 Å². The van der Waals surface area contributed by atoms with E-state index in [9.17, 15) is 4.79 Å². The molecule has 0 aromatic heterocycles. The first-order valence-corrected chi connectivity index (χ1v) is 9.78. The van der Waals surface area contributed by atoms with Crippen LogP contribution in [0.2, 0.25) is 0 Å². The number of carbonyl (C=O) groups excluding carboxylic acids is 1. The minimum atomic E-state index is -0.155. The standard InChI is InChI=1S/C21H26BrNO4/c1-5-10-26-19-8-6-15(11-20(19)25-4)13-23-21(24)16-7-9-18(17(22)12-16)27-14(2)3/h6-9,11-12,14H,5,10,13H2,1-4H3,(H,23,24). The van der Waals surface area contributed by atoms with Crippen LogP contribution in [0.3, 0.4) is 0 Å². The summed E-state index contributed by atoms with van der Waals surface area (Å²) in [6, 6.07) is 11.0. The lowest BCUT2D eigenvalue weighted by molar-refractivity contribution is 0.0950. The summed E-state index contributed by atoms with van der Waals surface area (Å²) in [5, 5.41) is 2.92. The number of amides is 1. The SMILES string of the molecule is CCCOc1ccc(CNC(=O)c2ccc(OC(C)C)c(Br)c2)cc1OC. The van der Waals surface area contributed by atoms with Crippen LogP contribution in [0.15, 0.2) is 40.9 Å². The highest BCUT2D eigenvalue weighted by Crippen LogP contribution is 2.29. The Kier molecular flexibility index (Phi) is 7.98. The molecule has 2 rings (SSSR count). The molecule has 0 radical (unpaired) electrons. The molecule has 5 nitrogen and oxygen atoms in total. The van der Waals surface area contributed by atoms with Crippen LogP contribution < -0.4 is 19.5 Å². The predicted molar refractivity (Wildman–Crippen MR) is 110 cm³/mol. The Bertz CT molecular complexity index is 777. The average molecular weight is 436 g/mol. The molecule has 1 amide bonds. The molecule has 0 saturated carbocycles. The summed E-state index contributed by atoms with van der Waals surface area (Å²) < 4.78 is 17.4. The Morgan fingerprint density at radius 2 is 1.85 bits per heavy atom. The highest BCUT2D eigenvalue weighted by Gasteiger charge is 2.11. The van der Waals surface area contributed by atoms with Gasteiger partial charge < -0.3 is 19.5 Å². The molecule has 0 aliphatic heterocycles. The topological polar surface area (TPSA) is 56.8 Å². The molecule has 6 heteroatoms. The van der Waals surface area contributed by atoms with E-state index in [-0.39, 0.29) is 12.0 Å². The first-order valence-electron chi connectivity index (χ1n) is 8.98. The maximum absolute atomic E-state index is 12.4. The van der Waals surface area contributed by atoms with Gasteiger partial charge in [-0.3, -0.25) is 4.79 Å². The molecular weight excluding hydrogens is 410 g/mol. The number of halogens is 1. The number of methoxy groups -OCH3 is 1. The Morgan fingerprint density at radius 1 is 1.11 bits per heavy atom. The number of hydrogen-bond donors (Lipinski definition) is 1. The normalized spacial score (nSPS) is 10.6. The minimum absolute atomic E-state index is 0.0697. The molecule has 1 N–H and O–H groups in total. The van der Waals surface area contributed by atoms with Gasteiger partial charge in [0.15, 0.2) is 11.5 Å². The van der Waals surface area contributed by atoms with Crippen LogP contribution in [0.4, 0.5) is 0 Å². The zero-order valence-corrected chi connectivity index (χ0v) is 17.8. The molecule has 0 aliphatic carbocycles. The fraction of sp³-hybridized carbons (Fsp3) is 0.381. The first-order chi connectivity index (χ1) is 12.9. The lowest BCUT2D eigenvalue weighted by Gasteiger charge is -2.13. The highest BCUT2D eigenvalue weighted by molar-refractivity contribution is 9.10. The summed E-state index contributed by atoms with van der Waals surface area (Å²) in [5.74, 6) is 1.93. The first kappa shape index (κ1) is 21.1. The molecular formula is C21H26BrNO4. The summed E-state index contributed by atoms with van der Waals surface area (Å²) in [7, 11) is 1.61. The van der Waals surface area contributed by atoms with Gasteiger partial charge in [0.1, 0.15) is 5.75 Å². The monoisotopic (exact) mass is 435 g/mol. The molecule has 0 bridgehead atoms. The highest BCUT2D eigenvalue weighted by atomic mass is 79.9. The molecule has 0 saturated heterocycles. The van der Waals surface area contributed by atoms with E-state index in [1.54, 1.807) is 25.3 Å².